The van der Waals surface area contributed by atoms with Gasteiger partial charge in [-0.15, -0.1) is 11.3 Å². The highest BCUT2D eigenvalue weighted by Crippen LogP contribution is 2.23. The van der Waals surface area contributed by atoms with Crippen LogP contribution < -0.4 is 11.1 Å². The molecule has 17 heavy (non-hydrogen) atoms. The summed E-state index contributed by atoms with van der Waals surface area (Å²) in [4.78, 5) is 12.7. The first-order valence-electron chi connectivity index (χ1n) is 5.03. The molecule has 0 fully saturated rings. The van der Waals surface area contributed by atoms with E-state index < -0.39 is 6.04 Å². The van der Waals surface area contributed by atoms with Crippen LogP contribution in [0, 0.1) is 0 Å². The van der Waals surface area contributed by atoms with Gasteiger partial charge in [-0.2, -0.15) is 0 Å². The topological polar surface area (TPSA) is 55.1 Å². The van der Waals surface area contributed by atoms with Crippen LogP contribution in [0.2, 0.25) is 5.02 Å². The number of carbonyl (C=O) groups is 1. The molecule has 1 amide bonds. The number of hydrogen-bond acceptors (Lipinski definition) is 3. The van der Waals surface area contributed by atoms with Crippen molar-refractivity contribution in [3.8, 4) is 0 Å². The Morgan fingerprint density at radius 3 is 2.71 bits per heavy atom. The molecule has 3 N–H and O–H groups in total. The van der Waals surface area contributed by atoms with Crippen molar-refractivity contribution in [2.75, 3.05) is 5.32 Å². The number of rotatable bonds is 3. The van der Waals surface area contributed by atoms with Crippen molar-refractivity contribution < 1.29 is 4.79 Å². The summed E-state index contributed by atoms with van der Waals surface area (Å²) >= 11 is 7.40. The summed E-state index contributed by atoms with van der Waals surface area (Å²) in [5.41, 5.74) is 6.41. The van der Waals surface area contributed by atoms with Crippen molar-refractivity contribution in [2.24, 2.45) is 5.73 Å². The van der Waals surface area contributed by atoms with Gasteiger partial charge in [0.25, 0.3) is 0 Å². The molecular weight excluding hydrogens is 256 g/mol. The molecule has 1 aromatic carbocycles. The van der Waals surface area contributed by atoms with E-state index in [4.69, 9.17) is 17.3 Å². The van der Waals surface area contributed by atoms with Crippen molar-refractivity contribution in [1.29, 1.82) is 0 Å². The summed E-state index contributed by atoms with van der Waals surface area (Å²) in [5.74, 6) is -0.263. The lowest BCUT2D eigenvalue weighted by Crippen LogP contribution is -2.27. The van der Waals surface area contributed by atoms with Gasteiger partial charge in [-0.1, -0.05) is 29.8 Å². The number of para-hydroxylation sites is 1. The van der Waals surface area contributed by atoms with Crippen molar-refractivity contribution in [3.05, 3.63) is 51.7 Å². The summed E-state index contributed by atoms with van der Waals surface area (Å²) in [7, 11) is 0. The van der Waals surface area contributed by atoms with Gasteiger partial charge in [-0.05, 0) is 23.6 Å². The van der Waals surface area contributed by atoms with Gasteiger partial charge in [0.05, 0.1) is 10.7 Å². The molecule has 0 aliphatic heterocycles. The van der Waals surface area contributed by atoms with Crippen LogP contribution in [0.15, 0.2) is 41.8 Å². The summed E-state index contributed by atoms with van der Waals surface area (Å²) in [5, 5.41) is 5.10. The van der Waals surface area contributed by atoms with E-state index in [0.717, 1.165) is 4.88 Å². The van der Waals surface area contributed by atoms with E-state index in [9.17, 15) is 4.79 Å². The van der Waals surface area contributed by atoms with Gasteiger partial charge in [-0.3, -0.25) is 4.79 Å². The highest BCUT2D eigenvalue weighted by atomic mass is 35.5. The summed E-state index contributed by atoms with van der Waals surface area (Å²) in [6, 6.07) is 10.1. The molecule has 5 heteroatoms. The van der Waals surface area contributed by atoms with E-state index in [-0.39, 0.29) is 5.91 Å². The van der Waals surface area contributed by atoms with E-state index >= 15 is 0 Å². The fourth-order valence-electron chi connectivity index (χ4n) is 1.37. The van der Waals surface area contributed by atoms with Crippen molar-refractivity contribution >= 4 is 34.5 Å². The van der Waals surface area contributed by atoms with Gasteiger partial charge in [0.15, 0.2) is 0 Å². The monoisotopic (exact) mass is 266 g/mol. The normalized spacial score (nSPS) is 12.1. The third-order valence-electron chi connectivity index (χ3n) is 2.26. The number of nitrogens with one attached hydrogen (secondary N) is 1. The van der Waals surface area contributed by atoms with Gasteiger partial charge >= 0.3 is 0 Å². The molecule has 0 saturated carbocycles. The molecule has 0 radical (unpaired) electrons. The van der Waals surface area contributed by atoms with E-state index in [1.165, 1.54) is 11.3 Å². The van der Waals surface area contributed by atoms with Crippen LogP contribution in [-0.2, 0) is 4.79 Å². The molecule has 0 aliphatic carbocycles. The second-order valence-corrected chi connectivity index (χ2v) is 4.85. The average molecular weight is 267 g/mol. The third kappa shape index (κ3) is 2.85. The number of carbonyl (C=O) groups excluding carboxylic acids is 1. The smallest absolute Gasteiger partial charge is 0.246 e. The zero-order chi connectivity index (χ0) is 12.3. The third-order valence-corrected chi connectivity index (χ3v) is 3.55. The van der Waals surface area contributed by atoms with Gasteiger partial charge in [0.1, 0.15) is 6.04 Å². The fraction of sp³-hybridized carbons (Fsp3) is 0.0833. The fourth-order valence-corrected chi connectivity index (χ4v) is 2.28. The number of halogens is 1. The van der Waals surface area contributed by atoms with E-state index in [1.807, 2.05) is 17.5 Å². The van der Waals surface area contributed by atoms with Crippen LogP contribution in [0.3, 0.4) is 0 Å². The quantitative estimate of drug-likeness (QED) is 0.897. The zero-order valence-electron chi connectivity index (χ0n) is 8.89. The molecule has 2 rings (SSSR count). The Morgan fingerprint density at radius 2 is 2.06 bits per heavy atom. The number of thiophene rings is 1. The highest BCUT2D eigenvalue weighted by Gasteiger charge is 2.17. The first-order chi connectivity index (χ1) is 8.18. The van der Waals surface area contributed by atoms with E-state index in [2.05, 4.69) is 5.32 Å². The Hall–Kier alpha value is -1.36. The molecule has 0 aliphatic rings. The minimum absolute atomic E-state index is 0.263. The molecule has 2 aromatic rings. The number of nitrogens with two attached hydrogens (primary N) is 1. The van der Waals surface area contributed by atoms with Crippen LogP contribution in [0.4, 0.5) is 5.69 Å². The minimum atomic E-state index is -0.661. The van der Waals surface area contributed by atoms with Crippen LogP contribution in [0.25, 0.3) is 0 Å². The van der Waals surface area contributed by atoms with Crippen molar-refractivity contribution in [1.82, 2.24) is 0 Å². The Kier molecular flexibility index (Phi) is 3.78. The lowest BCUT2D eigenvalue weighted by Gasteiger charge is -2.11. The number of hydrogen-bond donors (Lipinski definition) is 2. The molecule has 1 aromatic heterocycles. The highest BCUT2D eigenvalue weighted by molar-refractivity contribution is 7.10. The van der Waals surface area contributed by atoms with Gasteiger partial charge in [0.2, 0.25) is 5.91 Å². The first-order valence-corrected chi connectivity index (χ1v) is 6.28. The Morgan fingerprint density at radius 1 is 1.29 bits per heavy atom. The van der Waals surface area contributed by atoms with Gasteiger partial charge in [0, 0.05) is 4.88 Å². The second-order valence-electron chi connectivity index (χ2n) is 3.46. The molecule has 1 atom stereocenters. The Bertz CT molecular complexity index is 513. The maximum absolute atomic E-state index is 11.9. The predicted molar refractivity (Wildman–Crippen MR) is 71.3 cm³/mol. The van der Waals surface area contributed by atoms with Crippen molar-refractivity contribution in [3.63, 3.8) is 0 Å². The van der Waals surface area contributed by atoms with Crippen LogP contribution in [0.5, 0.6) is 0 Å². The van der Waals surface area contributed by atoms with E-state index in [1.54, 1.807) is 24.3 Å². The van der Waals surface area contributed by atoms with Gasteiger partial charge < -0.3 is 11.1 Å². The number of benzene rings is 1. The van der Waals surface area contributed by atoms with Gasteiger partial charge in [-0.25, -0.2) is 0 Å². The van der Waals surface area contributed by atoms with Crippen LogP contribution in [0.1, 0.15) is 10.9 Å². The lowest BCUT2D eigenvalue weighted by molar-refractivity contribution is -0.117. The molecule has 0 spiro atoms. The average Bonchev–Trinajstić information content (AvgIpc) is 2.84. The lowest BCUT2D eigenvalue weighted by atomic mass is 10.2. The molecule has 1 heterocycles. The molecule has 0 saturated heterocycles. The zero-order valence-corrected chi connectivity index (χ0v) is 10.5. The summed E-state index contributed by atoms with van der Waals surface area (Å²) in [6.45, 7) is 0. The maximum atomic E-state index is 11.9. The molecule has 3 nitrogen and oxygen atoms in total. The molecule has 0 bridgehead atoms. The Balaban J connectivity index is 2.10. The SMILES string of the molecule is NC(C(=O)Nc1ccccc1Cl)c1cccs1. The van der Waals surface area contributed by atoms with E-state index in [0.29, 0.717) is 10.7 Å². The van der Waals surface area contributed by atoms with Crippen molar-refractivity contribution in [2.45, 2.75) is 6.04 Å². The van der Waals surface area contributed by atoms with Crippen LogP contribution in [-0.4, -0.2) is 5.91 Å². The number of anilines is 1. The summed E-state index contributed by atoms with van der Waals surface area (Å²) in [6.07, 6.45) is 0. The van der Waals surface area contributed by atoms with Crippen LogP contribution >= 0.6 is 22.9 Å². The second kappa shape index (κ2) is 5.31. The predicted octanol–water partition coefficient (Wildman–Crippen LogP) is 3.04. The first kappa shape index (κ1) is 12.1. The standard InChI is InChI=1S/C12H11ClN2OS/c13-8-4-1-2-5-9(8)15-12(16)11(14)10-6-3-7-17-10/h1-7,11H,14H2,(H,15,16). The molecule has 1 unspecified atom stereocenters. The Labute approximate surface area is 108 Å². The largest absolute Gasteiger partial charge is 0.323 e. The minimum Gasteiger partial charge on any atom is -0.323 e. The number of amides is 1. The molecular formula is C12H11ClN2OS. The maximum Gasteiger partial charge on any atom is 0.246 e. The summed E-state index contributed by atoms with van der Waals surface area (Å²) < 4.78 is 0. The molecule has 88 valence electrons.